The highest BCUT2D eigenvalue weighted by atomic mass is 28.4. The number of hydrogen-bond donors (Lipinski definition) is 0. The van der Waals surface area contributed by atoms with Crippen LogP contribution in [0.1, 0.15) is 12.8 Å². The second-order valence-corrected chi connectivity index (χ2v) is 10.1. The van der Waals surface area contributed by atoms with Gasteiger partial charge in [0, 0.05) is 4.91 Å². The molecule has 0 heterocycles. The summed E-state index contributed by atoms with van der Waals surface area (Å²) in [4.78, 5) is 13.8. The molecule has 1 rings (SSSR count). The molecule has 19 heavy (non-hydrogen) atoms. The lowest BCUT2D eigenvalue weighted by Crippen LogP contribution is -2.35. The van der Waals surface area contributed by atoms with Gasteiger partial charge < -0.3 is 13.9 Å². The summed E-state index contributed by atoms with van der Waals surface area (Å²) in [6, 6.07) is -0.178. The van der Waals surface area contributed by atoms with Crippen LogP contribution in [-0.4, -0.2) is 40.3 Å². The Morgan fingerprint density at radius 1 is 1.42 bits per heavy atom. The topological polar surface area (TPSA) is 93.5 Å². The van der Waals surface area contributed by atoms with Gasteiger partial charge in [-0.15, -0.1) is 0 Å². The fourth-order valence-electron chi connectivity index (χ4n) is 2.22. The molecule has 1 aliphatic carbocycles. The number of methoxy groups -OCH3 is 1. The fourth-order valence-corrected chi connectivity index (χ4v) is 3.39. The SMILES string of the molecule is COC(=O)OC[C@H]1C[C@H](N=[N+]=[N-])[C@@H](O[Si](C)(C)C)C1. The van der Waals surface area contributed by atoms with Crippen LogP contribution in [0.15, 0.2) is 5.11 Å². The van der Waals surface area contributed by atoms with Gasteiger partial charge in [0.05, 0.1) is 25.9 Å². The molecule has 0 aromatic rings. The highest BCUT2D eigenvalue weighted by molar-refractivity contribution is 6.69. The average Bonchev–Trinajstić information content (AvgIpc) is 2.67. The van der Waals surface area contributed by atoms with Crippen LogP contribution in [0.5, 0.6) is 0 Å². The lowest BCUT2D eigenvalue weighted by molar-refractivity contribution is 0.0587. The summed E-state index contributed by atoms with van der Waals surface area (Å²) in [5.41, 5.74) is 8.59. The van der Waals surface area contributed by atoms with Gasteiger partial charge in [-0.05, 0) is 43.9 Å². The van der Waals surface area contributed by atoms with Gasteiger partial charge in [0.25, 0.3) is 0 Å². The Labute approximate surface area is 114 Å². The predicted molar refractivity (Wildman–Crippen MR) is 72.2 cm³/mol. The Morgan fingerprint density at radius 3 is 2.63 bits per heavy atom. The van der Waals surface area contributed by atoms with Gasteiger partial charge in [-0.25, -0.2) is 4.79 Å². The number of carbonyl (C=O) groups excluding carboxylic acids is 1. The molecular weight excluding hydrogens is 266 g/mol. The van der Waals surface area contributed by atoms with E-state index in [2.05, 4.69) is 34.4 Å². The summed E-state index contributed by atoms with van der Waals surface area (Å²) in [6.45, 7) is 6.56. The second-order valence-electron chi connectivity index (χ2n) is 5.64. The van der Waals surface area contributed by atoms with E-state index in [9.17, 15) is 4.79 Å². The van der Waals surface area contributed by atoms with Crippen molar-refractivity contribution in [2.24, 2.45) is 11.0 Å². The number of nitrogens with zero attached hydrogens (tertiary/aromatic N) is 3. The standard InChI is InChI=1S/C11H21N3O4Si/c1-16-11(15)17-7-8-5-9(13-14-12)10(6-8)18-19(2,3)4/h8-10H,5-7H2,1-4H3/t8-,9-,10-/m0/s1. The van der Waals surface area contributed by atoms with Crippen LogP contribution in [0.4, 0.5) is 4.79 Å². The van der Waals surface area contributed by atoms with Crippen molar-refractivity contribution in [3.05, 3.63) is 10.4 Å². The molecule has 0 radical (unpaired) electrons. The molecule has 1 aliphatic rings. The summed E-state index contributed by atoms with van der Waals surface area (Å²) in [5.74, 6) is 0.149. The van der Waals surface area contributed by atoms with E-state index in [0.717, 1.165) is 6.42 Å². The minimum Gasteiger partial charge on any atom is -0.438 e. The van der Waals surface area contributed by atoms with E-state index in [1.54, 1.807) is 0 Å². The summed E-state index contributed by atoms with van der Waals surface area (Å²) < 4.78 is 15.4. The third-order valence-electron chi connectivity index (χ3n) is 2.88. The average molecular weight is 287 g/mol. The number of carbonyl (C=O) groups is 1. The first-order valence-corrected chi connectivity index (χ1v) is 9.69. The van der Waals surface area contributed by atoms with Crippen LogP contribution in [0.2, 0.25) is 19.6 Å². The van der Waals surface area contributed by atoms with E-state index in [1.165, 1.54) is 7.11 Å². The van der Waals surface area contributed by atoms with Crippen molar-refractivity contribution in [2.75, 3.05) is 13.7 Å². The molecule has 7 nitrogen and oxygen atoms in total. The highest BCUT2D eigenvalue weighted by Crippen LogP contribution is 2.32. The van der Waals surface area contributed by atoms with Gasteiger partial charge in [0.2, 0.25) is 0 Å². The Kier molecular flexibility index (Phi) is 5.65. The molecule has 0 amide bonds. The van der Waals surface area contributed by atoms with E-state index in [1.807, 2.05) is 0 Å². The van der Waals surface area contributed by atoms with Crippen molar-refractivity contribution in [1.29, 1.82) is 0 Å². The first-order valence-electron chi connectivity index (χ1n) is 6.28. The first kappa shape index (κ1) is 15.8. The molecular formula is C11H21N3O4Si. The summed E-state index contributed by atoms with van der Waals surface area (Å²) in [6.07, 6.45) is 0.657. The lowest BCUT2D eigenvalue weighted by atomic mass is 10.1. The molecule has 0 bridgehead atoms. The van der Waals surface area contributed by atoms with Crippen LogP contribution in [0.25, 0.3) is 10.4 Å². The second kappa shape index (κ2) is 6.79. The highest BCUT2D eigenvalue weighted by Gasteiger charge is 2.37. The Balaban J connectivity index is 2.56. The van der Waals surface area contributed by atoms with Crippen molar-refractivity contribution >= 4 is 14.5 Å². The van der Waals surface area contributed by atoms with Crippen LogP contribution >= 0.6 is 0 Å². The lowest BCUT2D eigenvalue weighted by Gasteiger charge is -2.25. The maximum Gasteiger partial charge on any atom is 0.507 e. The number of hydrogen-bond acceptors (Lipinski definition) is 5. The molecule has 0 N–H and O–H groups in total. The Bertz CT molecular complexity index is 365. The van der Waals surface area contributed by atoms with Gasteiger partial charge >= 0.3 is 6.16 Å². The van der Waals surface area contributed by atoms with Crippen LogP contribution in [0, 0.1) is 5.92 Å². The molecule has 0 unspecified atom stereocenters. The minimum absolute atomic E-state index is 0.0752. The van der Waals surface area contributed by atoms with Crippen LogP contribution in [0.3, 0.4) is 0 Å². The zero-order chi connectivity index (χ0) is 14.5. The molecule has 0 saturated heterocycles. The summed E-state index contributed by atoms with van der Waals surface area (Å²) >= 11 is 0. The van der Waals surface area contributed by atoms with Crippen molar-refractivity contribution < 1.29 is 18.7 Å². The molecule has 0 aromatic carbocycles. The first-order chi connectivity index (χ1) is 8.85. The maximum absolute atomic E-state index is 10.9. The zero-order valence-electron chi connectivity index (χ0n) is 11.8. The molecule has 3 atom stereocenters. The molecule has 0 aliphatic heterocycles. The van der Waals surface area contributed by atoms with E-state index in [-0.39, 0.29) is 24.7 Å². The molecule has 0 aromatic heterocycles. The van der Waals surface area contributed by atoms with E-state index >= 15 is 0 Å². The zero-order valence-corrected chi connectivity index (χ0v) is 12.8. The summed E-state index contributed by atoms with van der Waals surface area (Å²) in [7, 11) is -0.415. The number of rotatable bonds is 5. The Hall–Kier alpha value is -1.24. The van der Waals surface area contributed by atoms with Crippen molar-refractivity contribution in [2.45, 2.75) is 44.6 Å². The summed E-state index contributed by atoms with van der Waals surface area (Å²) in [5, 5.41) is 3.79. The molecule has 108 valence electrons. The maximum atomic E-state index is 10.9. The van der Waals surface area contributed by atoms with E-state index < -0.39 is 14.5 Å². The third kappa shape index (κ3) is 5.50. The molecule has 8 heteroatoms. The van der Waals surface area contributed by atoms with Crippen molar-refractivity contribution in [3.63, 3.8) is 0 Å². The van der Waals surface area contributed by atoms with Gasteiger partial charge in [-0.3, -0.25) is 0 Å². The van der Waals surface area contributed by atoms with E-state index in [4.69, 9.17) is 14.7 Å². The molecule has 1 saturated carbocycles. The van der Waals surface area contributed by atoms with Gasteiger partial charge in [0.15, 0.2) is 8.32 Å². The fraction of sp³-hybridized carbons (Fsp3) is 0.909. The van der Waals surface area contributed by atoms with Gasteiger partial charge in [-0.2, -0.15) is 0 Å². The van der Waals surface area contributed by atoms with Crippen LogP contribution in [-0.2, 0) is 13.9 Å². The van der Waals surface area contributed by atoms with Crippen molar-refractivity contribution in [1.82, 2.24) is 0 Å². The van der Waals surface area contributed by atoms with Crippen molar-refractivity contribution in [3.8, 4) is 0 Å². The van der Waals surface area contributed by atoms with Crippen LogP contribution < -0.4 is 0 Å². The number of azide groups is 1. The normalized spacial score (nSPS) is 26.6. The molecule has 1 fully saturated rings. The quantitative estimate of drug-likeness (QED) is 0.255. The molecule has 0 spiro atoms. The largest absolute Gasteiger partial charge is 0.507 e. The Morgan fingerprint density at radius 2 is 2.11 bits per heavy atom. The van der Waals surface area contributed by atoms with Gasteiger partial charge in [-0.1, -0.05) is 5.11 Å². The number of ether oxygens (including phenoxy) is 2. The smallest absolute Gasteiger partial charge is 0.438 e. The van der Waals surface area contributed by atoms with Gasteiger partial charge in [0.1, 0.15) is 0 Å². The predicted octanol–water partition coefficient (Wildman–Crippen LogP) is 3.08. The minimum atomic E-state index is -1.69. The van der Waals surface area contributed by atoms with E-state index in [0.29, 0.717) is 6.42 Å². The third-order valence-corrected chi connectivity index (χ3v) is 3.89. The monoisotopic (exact) mass is 287 g/mol.